The number of benzene rings is 2. The van der Waals surface area contributed by atoms with Gasteiger partial charge in [0.2, 0.25) is 5.95 Å². The van der Waals surface area contributed by atoms with Crippen LogP contribution in [0.5, 0.6) is 5.75 Å². The number of amides is 1. The van der Waals surface area contributed by atoms with E-state index in [4.69, 9.17) is 10.5 Å². The lowest BCUT2D eigenvalue weighted by Crippen LogP contribution is -2.41. The Morgan fingerprint density at radius 3 is 2.80 bits per heavy atom. The molecule has 3 aromatic rings. The van der Waals surface area contributed by atoms with Gasteiger partial charge in [-0.25, -0.2) is 14.4 Å². The van der Waals surface area contributed by atoms with Crippen LogP contribution in [0.4, 0.5) is 10.3 Å². The second-order valence-corrected chi connectivity index (χ2v) is 7.24. The van der Waals surface area contributed by atoms with E-state index in [1.807, 2.05) is 30.3 Å². The molecule has 7 heteroatoms. The first kappa shape index (κ1) is 19.8. The Labute approximate surface area is 174 Å². The lowest BCUT2D eigenvalue weighted by atomic mass is 9.93. The van der Waals surface area contributed by atoms with Crippen molar-refractivity contribution < 1.29 is 13.9 Å². The third-order valence-corrected chi connectivity index (χ3v) is 5.22. The Bertz CT molecular complexity index is 1030. The van der Waals surface area contributed by atoms with E-state index in [2.05, 4.69) is 9.97 Å². The topological polar surface area (TPSA) is 81.3 Å². The molecule has 30 heavy (non-hydrogen) atoms. The number of hydrogen-bond acceptors (Lipinski definition) is 5. The Kier molecular flexibility index (Phi) is 5.88. The molecule has 0 aliphatic carbocycles. The van der Waals surface area contributed by atoms with E-state index in [9.17, 15) is 9.18 Å². The minimum absolute atomic E-state index is 0.0591. The summed E-state index contributed by atoms with van der Waals surface area (Å²) in [5, 5.41) is 0. The molecule has 1 atom stereocenters. The number of ether oxygens (including phenoxy) is 1. The smallest absolute Gasteiger partial charge is 0.261 e. The number of nitrogens with zero attached hydrogens (tertiary/aromatic N) is 3. The van der Waals surface area contributed by atoms with Crippen molar-refractivity contribution in [2.45, 2.75) is 25.3 Å². The number of halogens is 1. The van der Waals surface area contributed by atoms with Crippen molar-refractivity contribution in [3.8, 4) is 16.9 Å². The van der Waals surface area contributed by atoms with E-state index in [0.29, 0.717) is 29.1 Å². The zero-order chi connectivity index (χ0) is 20.9. The summed E-state index contributed by atoms with van der Waals surface area (Å²) in [6.45, 7) is 0.546. The number of nitrogens with two attached hydrogens (primary N) is 1. The van der Waals surface area contributed by atoms with Gasteiger partial charge in [-0.3, -0.25) is 4.79 Å². The van der Waals surface area contributed by atoms with Crippen LogP contribution in [0, 0.1) is 5.82 Å². The van der Waals surface area contributed by atoms with Gasteiger partial charge in [-0.15, -0.1) is 0 Å². The first-order valence-electron chi connectivity index (χ1n) is 9.97. The van der Waals surface area contributed by atoms with Crippen LogP contribution in [0.25, 0.3) is 11.1 Å². The van der Waals surface area contributed by atoms with Gasteiger partial charge in [0.1, 0.15) is 11.6 Å². The molecule has 2 heterocycles. The Morgan fingerprint density at radius 2 is 2.00 bits per heavy atom. The van der Waals surface area contributed by atoms with Gasteiger partial charge in [0, 0.05) is 18.3 Å². The van der Waals surface area contributed by atoms with E-state index in [1.165, 1.54) is 12.1 Å². The summed E-state index contributed by atoms with van der Waals surface area (Å²) in [7, 11) is 0. The number of anilines is 1. The lowest BCUT2D eigenvalue weighted by Gasteiger charge is -2.36. The van der Waals surface area contributed by atoms with Gasteiger partial charge in [-0.1, -0.05) is 30.3 Å². The minimum Gasteiger partial charge on any atom is -0.484 e. The van der Waals surface area contributed by atoms with Crippen molar-refractivity contribution in [1.82, 2.24) is 14.9 Å². The average Bonchev–Trinajstić information content (AvgIpc) is 2.78. The van der Waals surface area contributed by atoms with E-state index in [0.717, 1.165) is 19.3 Å². The maximum Gasteiger partial charge on any atom is 0.261 e. The number of para-hydroxylation sites is 1. The molecule has 2 aromatic carbocycles. The van der Waals surface area contributed by atoms with Crippen LogP contribution >= 0.6 is 0 Å². The highest BCUT2D eigenvalue weighted by molar-refractivity contribution is 5.79. The van der Waals surface area contributed by atoms with Crippen LogP contribution < -0.4 is 10.5 Å². The van der Waals surface area contributed by atoms with Crippen molar-refractivity contribution >= 4 is 11.9 Å². The Morgan fingerprint density at radius 1 is 1.17 bits per heavy atom. The molecule has 1 aromatic heterocycles. The van der Waals surface area contributed by atoms with Crippen LogP contribution in [0.2, 0.25) is 0 Å². The zero-order valence-electron chi connectivity index (χ0n) is 16.5. The van der Waals surface area contributed by atoms with Gasteiger partial charge in [0.15, 0.2) is 6.61 Å². The fraction of sp³-hybridized carbons (Fsp3) is 0.261. The van der Waals surface area contributed by atoms with Crippen molar-refractivity contribution in [2.24, 2.45) is 0 Å². The van der Waals surface area contributed by atoms with Crippen molar-refractivity contribution in [1.29, 1.82) is 0 Å². The SMILES string of the molecule is Nc1ncc(-c2cccc(F)c2)c(C2CCCCN2C(=O)COc2ccccc2)n1. The van der Waals surface area contributed by atoms with Gasteiger partial charge < -0.3 is 15.4 Å². The number of nitrogen functional groups attached to an aromatic ring is 1. The van der Waals surface area contributed by atoms with Crippen molar-refractivity contribution in [3.63, 3.8) is 0 Å². The number of rotatable bonds is 5. The highest BCUT2D eigenvalue weighted by Crippen LogP contribution is 2.36. The van der Waals surface area contributed by atoms with Crippen LogP contribution in [-0.4, -0.2) is 33.9 Å². The molecular weight excluding hydrogens is 383 g/mol. The third-order valence-electron chi connectivity index (χ3n) is 5.22. The molecule has 0 saturated carbocycles. The molecule has 2 N–H and O–H groups in total. The zero-order valence-corrected chi connectivity index (χ0v) is 16.5. The Hall–Kier alpha value is -3.48. The van der Waals surface area contributed by atoms with Crippen LogP contribution in [0.15, 0.2) is 60.8 Å². The average molecular weight is 406 g/mol. The van der Waals surface area contributed by atoms with Crippen LogP contribution in [0.1, 0.15) is 31.0 Å². The van der Waals surface area contributed by atoms with Gasteiger partial charge >= 0.3 is 0 Å². The molecule has 0 spiro atoms. The fourth-order valence-electron chi connectivity index (χ4n) is 3.80. The van der Waals surface area contributed by atoms with Gasteiger partial charge in [-0.2, -0.15) is 0 Å². The summed E-state index contributed by atoms with van der Waals surface area (Å²) in [4.78, 5) is 23.4. The number of carbonyl (C=O) groups excluding carboxylic acids is 1. The summed E-state index contributed by atoms with van der Waals surface area (Å²) in [5.41, 5.74) is 7.85. The molecule has 6 nitrogen and oxygen atoms in total. The number of carbonyl (C=O) groups is 1. The number of aromatic nitrogens is 2. The van der Waals surface area contributed by atoms with Gasteiger partial charge in [0.05, 0.1) is 11.7 Å². The van der Waals surface area contributed by atoms with Gasteiger partial charge in [0.25, 0.3) is 5.91 Å². The van der Waals surface area contributed by atoms with Crippen molar-refractivity contribution in [3.05, 3.63) is 72.3 Å². The number of piperidine rings is 1. The number of likely N-dealkylation sites (tertiary alicyclic amines) is 1. The second kappa shape index (κ2) is 8.90. The first-order chi connectivity index (χ1) is 14.6. The highest BCUT2D eigenvalue weighted by Gasteiger charge is 2.31. The number of hydrogen-bond donors (Lipinski definition) is 1. The standard InChI is InChI=1S/C23H23FN4O2/c24-17-8-6-7-16(13-17)19-14-26-23(25)27-22(19)20-11-4-5-12-28(20)21(29)15-30-18-9-2-1-3-10-18/h1-3,6-10,13-14,20H,4-5,11-12,15H2,(H2,25,26,27). The molecule has 1 amide bonds. The van der Waals surface area contributed by atoms with Gasteiger partial charge in [-0.05, 0) is 49.1 Å². The fourth-order valence-corrected chi connectivity index (χ4v) is 3.80. The predicted molar refractivity (Wildman–Crippen MR) is 112 cm³/mol. The molecule has 1 saturated heterocycles. The van der Waals surface area contributed by atoms with E-state index < -0.39 is 0 Å². The molecule has 0 bridgehead atoms. The molecule has 1 aliphatic heterocycles. The predicted octanol–water partition coefficient (Wildman–Crippen LogP) is 4.00. The highest BCUT2D eigenvalue weighted by atomic mass is 19.1. The largest absolute Gasteiger partial charge is 0.484 e. The third kappa shape index (κ3) is 4.40. The van der Waals surface area contributed by atoms with E-state index in [1.54, 1.807) is 23.2 Å². The first-order valence-corrected chi connectivity index (χ1v) is 9.97. The lowest BCUT2D eigenvalue weighted by molar-refractivity contribution is -0.137. The molecular formula is C23H23FN4O2. The molecule has 4 rings (SSSR count). The molecule has 0 radical (unpaired) electrons. The normalized spacial score (nSPS) is 16.3. The summed E-state index contributed by atoms with van der Waals surface area (Å²) >= 11 is 0. The summed E-state index contributed by atoms with van der Waals surface area (Å²) in [6, 6.07) is 15.2. The summed E-state index contributed by atoms with van der Waals surface area (Å²) in [5.74, 6) is 0.309. The van der Waals surface area contributed by atoms with Crippen LogP contribution in [0.3, 0.4) is 0 Å². The second-order valence-electron chi connectivity index (χ2n) is 7.24. The molecule has 1 fully saturated rings. The van der Waals surface area contributed by atoms with Crippen molar-refractivity contribution in [2.75, 3.05) is 18.9 Å². The maximum atomic E-state index is 13.8. The minimum atomic E-state index is -0.344. The Balaban J connectivity index is 1.62. The molecule has 154 valence electrons. The summed E-state index contributed by atoms with van der Waals surface area (Å²) in [6.07, 6.45) is 4.21. The van der Waals surface area contributed by atoms with E-state index in [-0.39, 0.29) is 30.3 Å². The monoisotopic (exact) mass is 406 g/mol. The van der Waals surface area contributed by atoms with Crippen LogP contribution in [-0.2, 0) is 4.79 Å². The molecule has 1 unspecified atom stereocenters. The quantitative estimate of drug-likeness (QED) is 0.693. The maximum absolute atomic E-state index is 13.8. The summed E-state index contributed by atoms with van der Waals surface area (Å²) < 4.78 is 19.5. The van der Waals surface area contributed by atoms with E-state index >= 15 is 0 Å². The molecule has 1 aliphatic rings.